The Morgan fingerprint density at radius 2 is 1.95 bits per heavy atom. The molecule has 0 aliphatic rings. The van der Waals surface area contributed by atoms with Gasteiger partial charge in [0.05, 0.1) is 11.5 Å². The Hall–Kier alpha value is -1.92. The van der Waals surface area contributed by atoms with Crippen LogP contribution in [0, 0.1) is 10.1 Å². The first-order valence-corrected chi connectivity index (χ1v) is 7.13. The van der Waals surface area contributed by atoms with Crippen molar-refractivity contribution in [1.29, 1.82) is 0 Å². The molecule has 0 bridgehead atoms. The summed E-state index contributed by atoms with van der Waals surface area (Å²) in [6.45, 7) is 11.9. The molecule has 0 atom stereocenters. The van der Waals surface area contributed by atoms with E-state index in [-0.39, 0.29) is 28.8 Å². The molecule has 0 unspecified atom stereocenters. The molecule has 0 saturated carbocycles. The molecule has 118 valence electrons. The van der Waals surface area contributed by atoms with Crippen LogP contribution in [0.25, 0.3) is 0 Å². The van der Waals surface area contributed by atoms with Crippen LogP contribution in [0.2, 0.25) is 0 Å². The van der Waals surface area contributed by atoms with Gasteiger partial charge in [0, 0.05) is 11.5 Å². The minimum atomic E-state index is -0.497. The number of aromatic nitrogens is 2. The zero-order valence-electron chi connectivity index (χ0n) is 13.6. The molecular weight excluding hydrogens is 272 g/mol. The average Bonchev–Trinajstić information content (AvgIpc) is 2.33. The van der Waals surface area contributed by atoms with Gasteiger partial charge in [0.2, 0.25) is 5.82 Å². The zero-order valence-corrected chi connectivity index (χ0v) is 13.6. The van der Waals surface area contributed by atoms with Gasteiger partial charge >= 0.3 is 5.69 Å². The molecule has 1 rings (SSSR count). The monoisotopic (exact) mass is 296 g/mol. The molecule has 0 radical (unpaired) electrons. The highest BCUT2D eigenvalue weighted by Crippen LogP contribution is 2.34. The molecule has 1 aromatic heterocycles. The van der Waals surface area contributed by atoms with E-state index >= 15 is 0 Å². The molecule has 7 nitrogen and oxygen atoms in total. The van der Waals surface area contributed by atoms with Crippen LogP contribution in [0.1, 0.15) is 59.7 Å². The maximum Gasteiger partial charge on any atom is 0.372 e. The fourth-order valence-electron chi connectivity index (χ4n) is 1.62. The number of nitrogens with zero attached hydrogens (tertiary/aromatic N) is 3. The molecule has 1 N–H and O–H groups in total. The Balaban J connectivity index is 3.41. The highest BCUT2D eigenvalue weighted by atomic mass is 16.6. The molecule has 21 heavy (non-hydrogen) atoms. The standard InChI is InChI=1S/C14H24N4O3/c1-7-8-21-13-10(18(19)20)12(17-14(4,5)6)15-11(16-13)9(2)3/h9H,7-8H2,1-6H3,(H,15,16,17). The first-order chi connectivity index (χ1) is 9.65. The van der Waals surface area contributed by atoms with Crippen LogP contribution in [0.15, 0.2) is 0 Å². The fraction of sp³-hybridized carbons (Fsp3) is 0.714. The van der Waals surface area contributed by atoms with E-state index < -0.39 is 4.92 Å². The van der Waals surface area contributed by atoms with E-state index in [1.807, 2.05) is 41.5 Å². The first-order valence-electron chi connectivity index (χ1n) is 7.13. The summed E-state index contributed by atoms with van der Waals surface area (Å²) >= 11 is 0. The van der Waals surface area contributed by atoms with Gasteiger partial charge < -0.3 is 10.1 Å². The van der Waals surface area contributed by atoms with E-state index in [0.29, 0.717) is 12.4 Å². The lowest BCUT2D eigenvalue weighted by Crippen LogP contribution is -2.28. The molecule has 7 heteroatoms. The van der Waals surface area contributed by atoms with Gasteiger partial charge in [0.1, 0.15) is 5.82 Å². The van der Waals surface area contributed by atoms with Crippen molar-refractivity contribution < 1.29 is 9.66 Å². The molecule has 1 heterocycles. The number of nitro groups is 1. The van der Waals surface area contributed by atoms with Crippen LogP contribution in [0.5, 0.6) is 5.88 Å². The third-order valence-electron chi connectivity index (χ3n) is 2.50. The van der Waals surface area contributed by atoms with Gasteiger partial charge in [-0.15, -0.1) is 0 Å². The summed E-state index contributed by atoms with van der Waals surface area (Å²) in [5.41, 5.74) is -0.558. The smallest absolute Gasteiger partial charge is 0.372 e. The minimum Gasteiger partial charge on any atom is -0.473 e. The number of hydrogen-bond acceptors (Lipinski definition) is 6. The summed E-state index contributed by atoms with van der Waals surface area (Å²) < 4.78 is 5.46. The van der Waals surface area contributed by atoms with Crippen LogP contribution in [-0.2, 0) is 0 Å². The van der Waals surface area contributed by atoms with Gasteiger partial charge in [-0.2, -0.15) is 4.98 Å². The van der Waals surface area contributed by atoms with Crippen molar-refractivity contribution >= 4 is 11.5 Å². The van der Waals surface area contributed by atoms with Gasteiger partial charge in [-0.05, 0) is 27.2 Å². The fourth-order valence-corrected chi connectivity index (χ4v) is 1.62. The number of hydrogen-bond donors (Lipinski definition) is 1. The van der Waals surface area contributed by atoms with Crippen molar-refractivity contribution in [3.8, 4) is 5.88 Å². The highest BCUT2D eigenvalue weighted by molar-refractivity contribution is 5.62. The molecule has 0 amide bonds. The molecular formula is C14H24N4O3. The number of rotatable bonds is 6. The minimum absolute atomic E-state index is 0.0345. The van der Waals surface area contributed by atoms with Gasteiger partial charge in [-0.1, -0.05) is 20.8 Å². The molecule has 0 aliphatic carbocycles. The zero-order chi connectivity index (χ0) is 16.2. The summed E-state index contributed by atoms with van der Waals surface area (Å²) in [6.07, 6.45) is 0.750. The Morgan fingerprint density at radius 3 is 2.38 bits per heavy atom. The summed E-state index contributed by atoms with van der Waals surface area (Å²) in [4.78, 5) is 19.4. The van der Waals surface area contributed by atoms with Crippen molar-refractivity contribution in [3.63, 3.8) is 0 Å². The molecule has 1 aromatic rings. The van der Waals surface area contributed by atoms with Crippen LogP contribution in [0.3, 0.4) is 0 Å². The molecule has 0 aromatic carbocycles. The van der Waals surface area contributed by atoms with Crippen molar-refractivity contribution in [2.45, 2.75) is 59.4 Å². The Morgan fingerprint density at radius 1 is 1.33 bits per heavy atom. The summed E-state index contributed by atoms with van der Waals surface area (Å²) in [7, 11) is 0. The molecule has 0 aliphatic heterocycles. The molecule has 0 spiro atoms. The van der Waals surface area contributed by atoms with Crippen molar-refractivity contribution in [1.82, 2.24) is 9.97 Å². The van der Waals surface area contributed by atoms with Crippen molar-refractivity contribution in [2.24, 2.45) is 0 Å². The van der Waals surface area contributed by atoms with Crippen molar-refractivity contribution in [2.75, 3.05) is 11.9 Å². The van der Waals surface area contributed by atoms with Gasteiger partial charge in [-0.3, -0.25) is 10.1 Å². The normalized spacial score (nSPS) is 11.6. The van der Waals surface area contributed by atoms with Gasteiger partial charge in [-0.25, -0.2) is 4.98 Å². The number of anilines is 1. The molecule has 0 fully saturated rings. The Bertz CT molecular complexity index is 510. The van der Waals surface area contributed by atoms with Crippen molar-refractivity contribution in [3.05, 3.63) is 15.9 Å². The summed E-state index contributed by atoms with van der Waals surface area (Å²) in [6, 6.07) is 0. The third kappa shape index (κ3) is 4.84. The summed E-state index contributed by atoms with van der Waals surface area (Å²) in [5.74, 6) is 0.818. The number of ether oxygens (including phenoxy) is 1. The predicted molar refractivity (Wildman–Crippen MR) is 81.9 cm³/mol. The van der Waals surface area contributed by atoms with Crippen LogP contribution < -0.4 is 10.1 Å². The topological polar surface area (TPSA) is 90.2 Å². The van der Waals surface area contributed by atoms with Crippen LogP contribution >= 0.6 is 0 Å². The van der Waals surface area contributed by atoms with Gasteiger partial charge in [0.25, 0.3) is 5.88 Å². The second-order valence-electron chi connectivity index (χ2n) is 6.22. The maximum atomic E-state index is 11.4. The Kier molecular flexibility index (Phi) is 5.46. The van der Waals surface area contributed by atoms with E-state index in [4.69, 9.17) is 4.74 Å². The largest absolute Gasteiger partial charge is 0.473 e. The van der Waals surface area contributed by atoms with E-state index in [9.17, 15) is 10.1 Å². The SMILES string of the molecule is CCCOc1nc(C(C)C)nc(NC(C)(C)C)c1[N+](=O)[O-]. The lowest BCUT2D eigenvalue weighted by atomic mass is 10.1. The summed E-state index contributed by atoms with van der Waals surface area (Å²) in [5, 5.41) is 14.4. The maximum absolute atomic E-state index is 11.4. The lowest BCUT2D eigenvalue weighted by molar-refractivity contribution is -0.385. The van der Waals surface area contributed by atoms with Crippen LogP contribution in [-0.4, -0.2) is 27.0 Å². The van der Waals surface area contributed by atoms with E-state index in [2.05, 4.69) is 15.3 Å². The first kappa shape index (κ1) is 17.1. The van der Waals surface area contributed by atoms with Crippen LogP contribution in [0.4, 0.5) is 11.5 Å². The predicted octanol–water partition coefficient (Wildman–Crippen LogP) is 3.51. The van der Waals surface area contributed by atoms with Gasteiger partial charge in [0.15, 0.2) is 0 Å². The van der Waals surface area contributed by atoms with E-state index in [1.54, 1.807) is 0 Å². The highest BCUT2D eigenvalue weighted by Gasteiger charge is 2.29. The average molecular weight is 296 g/mol. The lowest BCUT2D eigenvalue weighted by Gasteiger charge is -2.22. The quantitative estimate of drug-likeness (QED) is 0.638. The molecule has 0 saturated heterocycles. The second-order valence-corrected chi connectivity index (χ2v) is 6.22. The van der Waals surface area contributed by atoms with E-state index in [1.165, 1.54) is 0 Å². The second kappa shape index (κ2) is 6.69. The third-order valence-corrected chi connectivity index (χ3v) is 2.50. The number of nitrogens with one attached hydrogen (secondary N) is 1. The van der Waals surface area contributed by atoms with E-state index in [0.717, 1.165) is 6.42 Å². The Labute approximate surface area is 125 Å².